The topological polar surface area (TPSA) is 59.7 Å². The Morgan fingerprint density at radius 2 is 2.04 bits per heavy atom. The zero-order valence-electron chi connectivity index (χ0n) is 12.7. The van der Waals surface area contributed by atoms with Crippen LogP contribution >= 0.6 is 0 Å². The normalized spacial score (nSPS) is 13.4. The van der Waals surface area contributed by atoms with Crippen LogP contribution in [0.15, 0.2) is 42.6 Å². The number of ether oxygens (including phenoxy) is 1. The zero-order valence-corrected chi connectivity index (χ0v) is 12.7. The molecule has 0 fully saturated rings. The van der Waals surface area contributed by atoms with E-state index in [2.05, 4.69) is 10.1 Å². The third-order valence-corrected chi connectivity index (χ3v) is 3.43. The van der Waals surface area contributed by atoms with Crippen molar-refractivity contribution in [3.05, 3.63) is 53.7 Å². The molecule has 0 saturated carbocycles. The standard InChI is InChI=1S/C16H14F3N3O2/c1-2-24-15(23)12-7-4-8-22-14(12)20-13(21-22)10-5-3-6-11(9-10)16(17,18)19/h3-9,15,23H,2H2,1H3. The summed E-state index contributed by atoms with van der Waals surface area (Å²) in [4.78, 5) is 4.25. The molecule has 0 aliphatic carbocycles. The number of alkyl halides is 3. The molecule has 0 aliphatic heterocycles. The van der Waals surface area contributed by atoms with Crippen LogP contribution in [0.2, 0.25) is 0 Å². The van der Waals surface area contributed by atoms with E-state index in [-0.39, 0.29) is 11.4 Å². The van der Waals surface area contributed by atoms with Crippen molar-refractivity contribution in [2.24, 2.45) is 0 Å². The maximum absolute atomic E-state index is 12.8. The molecule has 1 atom stereocenters. The molecule has 0 bridgehead atoms. The van der Waals surface area contributed by atoms with Gasteiger partial charge in [0.15, 0.2) is 17.8 Å². The number of aliphatic hydroxyl groups is 1. The molecule has 3 rings (SSSR count). The van der Waals surface area contributed by atoms with E-state index in [9.17, 15) is 18.3 Å². The van der Waals surface area contributed by atoms with Crippen LogP contribution in [0.3, 0.4) is 0 Å². The maximum Gasteiger partial charge on any atom is 0.416 e. The van der Waals surface area contributed by atoms with Crippen LogP contribution in [0, 0.1) is 0 Å². The fourth-order valence-electron chi connectivity index (χ4n) is 2.32. The maximum atomic E-state index is 12.8. The van der Waals surface area contributed by atoms with E-state index in [1.165, 1.54) is 16.6 Å². The lowest BCUT2D eigenvalue weighted by Gasteiger charge is -2.10. The minimum absolute atomic E-state index is 0.136. The van der Waals surface area contributed by atoms with Crippen LogP contribution in [0.1, 0.15) is 24.3 Å². The molecule has 1 N–H and O–H groups in total. The van der Waals surface area contributed by atoms with Crippen LogP contribution in [0.4, 0.5) is 13.2 Å². The second kappa shape index (κ2) is 6.21. The van der Waals surface area contributed by atoms with Crippen molar-refractivity contribution in [1.82, 2.24) is 14.6 Å². The molecular weight excluding hydrogens is 323 g/mol. The predicted octanol–water partition coefficient (Wildman–Crippen LogP) is 3.44. The summed E-state index contributed by atoms with van der Waals surface area (Å²) in [5, 5.41) is 14.2. The van der Waals surface area contributed by atoms with E-state index in [1.807, 2.05) is 0 Å². The summed E-state index contributed by atoms with van der Waals surface area (Å²) in [5.74, 6) is 0.136. The number of hydrogen-bond donors (Lipinski definition) is 1. The van der Waals surface area contributed by atoms with Gasteiger partial charge in [0.25, 0.3) is 0 Å². The summed E-state index contributed by atoms with van der Waals surface area (Å²) in [6.45, 7) is 2.04. The summed E-state index contributed by atoms with van der Waals surface area (Å²) in [6, 6.07) is 8.06. The average Bonchev–Trinajstić information content (AvgIpc) is 2.98. The Kier molecular flexibility index (Phi) is 4.25. The lowest BCUT2D eigenvalue weighted by molar-refractivity contribution is -0.137. The fraction of sp³-hybridized carbons (Fsp3) is 0.250. The van der Waals surface area contributed by atoms with Crippen LogP contribution in [-0.2, 0) is 10.9 Å². The molecule has 1 unspecified atom stereocenters. The summed E-state index contributed by atoms with van der Waals surface area (Å²) in [5.41, 5.74) is 0.190. The molecular formula is C16H14F3N3O2. The number of benzene rings is 1. The van der Waals surface area contributed by atoms with Gasteiger partial charge >= 0.3 is 6.18 Å². The molecule has 0 saturated heterocycles. The average molecular weight is 337 g/mol. The summed E-state index contributed by atoms with van der Waals surface area (Å²) in [6.07, 6.45) is -4.02. The van der Waals surface area contributed by atoms with Crippen LogP contribution in [-0.4, -0.2) is 26.3 Å². The van der Waals surface area contributed by atoms with Crippen LogP contribution in [0.5, 0.6) is 0 Å². The van der Waals surface area contributed by atoms with Gasteiger partial charge in [0.2, 0.25) is 0 Å². The minimum Gasteiger partial charge on any atom is -0.364 e. The third kappa shape index (κ3) is 3.10. The van der Waals surface area contributed by atoms with Crippen molar-refractivity contribution in [2.45, 2.75) is 19.4 Å². The highest BCUT2D eigenvalue weighted by Gasteiger charge is 2.30. The Morgan fingerprint density at radius 3 is 2.75 bits per heavy atom. The van der Waals surface area contributed by atoms with Crippen molar-refractivity contribution < 1.29 is 23.0 Å². The minimum atomic E-state index is -4.44. The van der Waals surface area contributed by atoms with E-state index >= 15 is 0 Å². The van der Waals surface area contributed by atoms with Gasteiger partial charge in [-0.15, -0.1) is 5.10 Å². The van der Waals surface area contributed by atoms with Crippen molar-refractivity contribution in [3.63, 3.8) is 0 Å². The van der Waals surface area contributed by atoms with Gasteiger partial charge < -0.3 is 9.84 Å². The second-order valence-electron chi connectivity index (χ2n) is 5.05. The first-order valence-electron chi connectivity index (χ1n) is 7.22. The molecule has 0 radical (unpaired) electrons. The SMILES string of the molecule is CCOC(O)c1cccn2nc(-c3cccc(C(F)(F)F)c3)nc12. The largest absolute Gasteiger partial charge is 0.416 e. The first kappa shape index (κ1) is 16.4. The predicted molar refractivity (Wildman–Crippen MR) is 80.0 cm³/mol. The molecule has 0 amide bonds. The molecule has 1 aromatic carbocycles. The molecule has 5 nitrogen and oxygen atoms in total. The smallest absolute Gasteiger partial charge is 0.364 e. The quantitative estimate of drug-likeness (QED) is 0.741. The first-order valence-corrected chi connectivity index (χ1v) is 7.22. The monoisotopic (exact) mass is 337 g/mol. The highest BCUT2D eigenvalue weighted by atomic mass is 19.4. The van der Waals surface area contributed by atoms with E-state index in [1.54, 1.807) is 25.3 Å². The molecule has 8 heteroatoms. The van der Waals surface area contributed by atoms with E-state index < -0.39 is 18.0 Å². The summed E-state index contributed by atoms with van der Waals surface area (Å²) < 4.78 is 45.1. The molecule has 2 heterocycles. The molecule has 126 valence electrons. The Morgan fingerprint density at radius 1 is 1.25 bits per heavy atom. The van der Waals surface area contributed by atoms with Crippen molar-refractivity contribution in [3.8, 4) is 11.4 Å². The van der Waals surface area contributed by atoms with Crippen LogP contribution in [0.25, 0.3) is 17.0 Å². The second-order valence-corrected chi connectivity index (χ2v) is 5.05. The van der Waals surface area contributed by atoms with Crippen molar-refractivity contribution >= 4 is 5.65 Å². The fourth-order valence-corrected chi connectivity index (χ4v) is 2.32. The lowest BCUT2D eigenvalue weighted by Crippen LogP contribution is -2.05. The molecule has 0 spiro atoms. The lowest BCUT2D eigenvalue weighted by atomic mass is 10.1. The van der Waals surface area contributed by atoms with Crippen LogP contribution < -0.4 is 0 Å². The van der Waals surface area contributed by atoms with E-state index in [4.69, 9.17) is 4.74 Å². The van der Waals surface area contributed by atoms with Gasteiger partial charge in [0, 0.05) is 18.4 Å². The Balaban J connectivity index is 2.07. The number of nitrogens with zero attached hydrogens (tertiary/aromatic N) is 3. The number of aromatic nitrogens is 3. The molecule has 3 aromatic rings. The Hall–Kier alpha value is -2.45. The van der Waals surface area contributed by atoms with Gasteiger partial charge in [-0.1, -0.05) is 12.1 Å². The number of rotatable bonds is 4. The van der Waals surface area contributed by atoms with Gasteiger partial charge in [-0.2, -0.15) is 13.2 Å². The van der Waals surface area contributed by atoms with Gasteiger partial charge in [-0.05, 0) is 31.2 Å². The molecule has 0 aliphatic rings. The highest BCUT2D eigenvalue weighted by molar-refractivity contribution is 5.61. The molecule has 24 heavy (non-hydrogen) atoms. The van der Waals surface area contributed by atoms with E-state index in [0.29, 0.717) is 17.8 Å². The number of aliphatic hydroxyl groups excluding tert-OH is 1. The van der Waals surface area contributed by atoms with Gasteiger partial charge in [-0.25, -0.2) is 9.50 Å². The number of fused-ring (bicyclic) bond motifs is 1. The van der Waals surface area contributed by atoms with Gasteiger partial charge in [0.1, 0.15) is 0 Å². The van der Waals surface area contributed by atoms with Crippen molar-refractivity contribution in [2.75, 3.05) is 6.61 Å². The van der Waals surface area contributed by atoms with Crippen molar-refractivity contribution in [1.29, 1.82) is 0 Å². The Labute approximate surface area is 135 Å². The Bertz CT molecular complexity index is 861. The number of hydrogen-bond acceptors (Lipinski definition) is 4. The van der Waals surface area contributed by atoms with Gasteiger partial charge in [-0.3, -0.25) is 0 Å². The third-order valence-electron chi connectivity index (χ3n) is 3.43. The zero-order chi connectivity index (χ0) is 17.3. The first-order chi connectivity index (χ1) is 11.4. The number of pyridine rings is 1. The summed E-state index contributed by atoms with van der Waals surface area (Å²) >= 11 is 0. The summed E-state index contributed by atoms with van der Waals surface area (Å²) in [7, 11) is 0. The van der Waals surface area contributed by atoms with Gasteiger partial charge in [0.05, 0.1) is 11.1 Å². The van der Waals surface area contributed by atoms with E-state index in [0.717, 1.165) is 12.1 Å². The molecule has 2 aromatic heterocycles. The highest BCUT2D eigenvalue weighted by Crippen LogP contribution is 2.31. The number of halogens is 3.